The number of aryl methyl sites for hydroxylation is 2. The van der Waals surface area contributed by atoms with Crippen LogP contribution in [-0.2, 0) is 11.2 Å². The summed E-state index contributed by atoms with van der Waals surface area (Å²) in [5.41, 5.74) is 4.26. The van der Waals surface area contributed by atoms with Crippen LogP contribution in [0.1, 0.15) is 45.2 Å². The molecule has 0 aromatic heterocycles. The summed E-state index contributed by atoms with van der Waals surface area (Å²) in [5.74, 6) is -0.0535. The number of ether oxygens (including phenoxy) is 1. The van der Waals surface area contributed by atoms with Crippen LogP contribution >= 0.6 is 0 Å². The van der Waals surface area contributed by atoms with Gasteiger partial charge in [0.05, 0.1) is 6.61 Å². The number of fused-ring (bicyclic) bond motifs is 1. The minimum Gasteiger partial charge on any atom is -0.450 e. The average molecular weight is 436 g/mol. The zero-order valence-electron chi connectivity index (χ0n) is 18.7. The molecule has 2 aromatic rings. The predicted molar refractivity (Wildman–Crippen MR) is 122 cm³/mol. The van der Waals surface area contributed by atoms with Crippen molar-refractivity contribution in [1.29, 1.82) is 0 Å². The molecule has 0 atom stereocenters. The first kappa shape index (κ1) is 21.9. The maximum Gasteiger partial charge on any atom is 0.409 e. The lowest BCUT2D eigenvalue weighted by molar-refractivity contribution is 0.0570. The van der Waals surface area contributed by atoms with E-state index in [2.05, 4.69) is 0 Å². The minimum atomic E-state index is -0.327. The first-order chi connectivity index (χ1) is 15.5. The Balaban J connectivity index is 1.47. The monoisotopic (exact) mass is 435 g/mol. The normalized spacial score (nSPS) is 15.9. The lowest BCUT2D eigenvalue weighted by atomic mass is 9.97. The molecule has 0 bridgehead atoms. The van der Waals surface area contributed by atoms with E-state index >= 15 is 0 Å². The molecule has 1 saturated heterocycles. The predicted octanol–water partition coefficient (Wildman–Crippen LogP) is 3.50. The first-order valence-corrected chi connectivity index (χ1v) is 11.2. The molecule has 2 aliphatic rings. The standard InChI is InChI=1S/C25H29N3O4/c1-3-32-25(31)27-14-12-26(13-15-27)23(29)21-9-10-22-19(17-21)8-5-11-28(22)24(30)20-7-4-6-18(2)16-20/h4,6-7,9-10,16-17H,3,5,8,11-15H2,1-2H3. The Labute approximate surface area is 188 Å². The number of anilines is 1. The van der Waals surface area contributed by atoms with Crippen molar-refractivity contribution in [2.75, 3.05) is 44.2 Å². The van der Waals surface area contributed by atoms with Gasteiger partial charge in [-0.05, 0) is 62.6 Å². The van der Waals surface area contributed by atoms with Gasteiger partial charge in [-0.25, -0.2) is 4.79 Å². The molecule has 0 N–H and O–H groups in total. The Morgan fingerprint density at radius 1 is 0.875 bits per heavy atom. The second-order valence-corrected chi connectivity index (χ2v) is 8.25. The molecule has 2 heterocycles. The molecule has 7 heteroatoms. The second-order valence-electron chi connectivity index (χ2n) is 8.25. The van der Waals surface area contributed by atoms with Crippen molar-refractivity contribution >= 4 is 23.6 Å². The molecule has 0 aliphatic carbocycles. The van der Waals surface area contributed by atoms with E-state index in [1.54, 1.807) is 22.8 Å². The fraction of sp³-hybridized carbons (Fsp3) is 0.400. The Kier molecular flexibility index (Phi) is 6.44. The van der Waals surface area contributed by atoms with Gasteiger partial charge in [-0.3, -0.25) is 9.59 Å². The summed E-state index contributed by atoms with van der Waals surface area (Å²) >= 11 is 0. The Hall–Kier alpha value is -3.35. The van der Waals surface area contributed by atoms with Crippen molar-refractivity contribution in [2.45, 2.75) is 26.7 Å². The third kappa shape index (κ3) is 4.47. The number of carbonyl (C=O) groups is 3. The minimum absolute atomic E-state index is 0.0104. The van der Waals surface area contributed by atoms with Crippen LogP contribution < -0.4 is 4.90 Å². The van der Waals surface area contributed by atoms with E-state index < -0.39 is 0 Å². The van der Waals surface area contributed by atoms with Gasteiger partial charge in [-0.1, -0.05) is 17.7 Å². The molecule has 0 unspecified atom stereocenters. The van der Waals surface area contributed by atoms with Gasteiger partial charge in [0.2, 0.25) is 0 Å². The highest BCUT2D eigenvalue weighted by Crippen LogP contribution is 2.30. The van der Waals surface area contributed by atoms with E-state index in [1.165, 1.54) is 0 Å². The van der Waals surface area contributed by atoms with Gasteiger partial charge in [0.1, 0.15) is 0 Å². The van der Waals surface area contributed by atoms with E-state index in [0.29, 0.717) is 50.5 Å². The number of benzene rings is 2. The lowest BCUT2D eigenvalue weighted by Gasteiger charge is -2.34. The Bertz CT molecular complexity index is 1030. The Morgan fingerprint density at radius 2 is 1.59 bits per heavy atom. The third-order valence-electron chi connectivity index (χ3n) is 6.05. The smallest absolute Gasteiger partial charge is 0.409 e. The van der Waals surface area contributed by atoms with Gasteiger partial charge in [0.15, 0.2) is 0 Å². The maximum atomic E-state index is 13.1. The molecule has 2 aromatic carbocycles. The summed E-state index contributed by atoms with van der Waals surface area (Å²) in [4.78, 5) is 43.3. The molecule has 0 spiro atoms. The first-order valence-electron chi connectivity index (χ1n) is 11.2. The summed E-state index contributed by atoms with van der Waals surface area (Å²) < 4.78 is 5.04. The molecule has 3 amide bonds. The molecule has 0 saturated carbocycles. The van der Waals surface area contributed by atoms with E-state index in [-0.39, 0.29) is 17.9 Å². The molecule has 4 rings (SSSR count). The average Bonchev–Trinajstić information content (AvgIpc) is 2.82. The molecular weight excluding hydrogens is 406 g/mol. The molecule has 7 nitrogen and oxygen atoms in total. The van der Waals surface area contributed by atoms with Crippen LogP contribution in [0.4, 0.5) is 10.5 Å². The largest absolute Gasteiger partial charge is 0.450 e. The van der Waals surface area contributed by atoms with Crippen molar-refractivity contribution in [3.05, 3.63) is 64.7 Å². The van der Waals surface area contributed by atoms with Crippen LogP contribution in [0.3, 0.4) is 0 Å². The number of nitrogens with zero attached hydrogens (tertiary/aromatic N) is 3. The number of amides is 3. The fourth-order valence-electron chi connectivity index (χ4n) is 4.36. The number of carbonyl (C=O) groups excluding carboxylic acids is 3. The van der Waals surface area contributed by atoms with Gasteiger partial charge >= 0.3 is 6.09 Å². The van der Waals surface area contributed by atoms with Gasteiger partial charge in [0, 0.05) is 49.5 Å². The summed E-state index contributed by atoms with van der Waals surface area (Å²) in [6.07, 6.45) is 1.37. The molecule has 32 heavy (non-hydrogen) atoms. The molecular formula is C25H29N3O4. The summed E-state index contributed by atoms with van der Waals surface area (Å²) in [7, 11) is 0. The van der Waals surface area contributed by atoms with Crippen LogP contribution in [0.25, 0.3) is 0 Å². The molecule has 0 radical (unpaired) electrons. The van der Waals surface area contributed by atoms with E-state index in [1.807, 2.05) is 48.2 Å². The van der Waals surface area contributed by atoms with Crippen LogP contribution in [0.5, 0.6) is 0 Å². The highest BCUT2D eigenvalue weighted by Gasteiger charge is 2.28. The summed E-state index contributed by atoms with van der Waals surface area (Å²) in [6.45, 7) is 6.66. The Morgan fingerprint density at radius 3 is 2.31 bits per heavy atom. The van der Waals surface area contributed by atoms with Gasteiger partial charge < -0.3 is 19.4 Å². The van der Waals surface area contributed by atoms with Gasteiger partial charge in [-0.2, -0.15) is 0 Å². The van der Waals surface area contributed by atoms with Crippen LogP contribution in [0.2, 0.25) is 0 Å². The van der Waals surface area contributed by atoms with Crippen LogP contribution in [-0.4, -0.2) is 67.0 Å². The molecule has 2 aliphatic heterocycles. The van der Waals surface area contributed by atoms with E-state index in [0.717, 1.165) is 29.7 Å². The maximum absolute atomic E-state index is 13.1. The topological polar surface area (TPSA) is 70.2 Å². The quantitative estimate of drug-likeness (QED) is 0.740. The van der Waals surface area contributed by atoms with Crippen molar-refractivity contribution in [3.63, 3.8) is 0 Å². The zero-order chi connectivity index (χ0) is 22.7. The fourth-order valence-corrected chi connectivity index (χ4v) is 4.36. The number of rotatable bonds is 3. The van der Waals surface area contributed by atoms with Crippen LogP contribution in [0, 0.1) is 6.92 Å². The van der Waals surface area contributed by atoms with Crippen molar-refractivity contribution in [3.8, 4) is 0 Å². The zero-order valence-corrected chi connectivity index (χ0v) is 18.7. The molecule has 168 valence electrons. The summed E-state index contributed by atoms with van der Waals surface area (Å²) in [6, 6.07) is 13.3. The summed E-state index contributed by atoms with van der Waals surface area (Å²) in [5, 5.41) is 0. The second kappa shape index (κ2) is 9.42. The van der Waals surface area contributed by atoms with Crippen LogP contribution in [0.15, 0.2) is 42.5 Å². The van der Waals surface area contributed by atoms with Gasteiger partial charge in [-0.15, -0.1) is 0 Å². The lowest BCUT2D eigenvalue weighted by Crippen LogP contribution is -2.50. The number of hydrogen-bond acceptors (Lipinski definition) is 4. The third-order valence-corrected chi connectivity index (χ3v) is 6.05. The molecule has 1 fully saturated rings. The highest BCUT2D eigenvalue weighted by molar-refractivity contribution is 6.07. The van der Waals surface area contributed by atoms with E-state index in [9.17, 15) is 14.4 Å². The van der Waals surface area contributed by atoms with Crippen molar-refractivity contribution in [2.24, 2.45) is 0 Å². The number of hydrogen-bond donors (Lipinski definition) is 0. The van der Waals surface area contributed by atoms with Crippen molar-refractivity contribution in [1.82, 2.24) is 9.80 Å². The van der Waals surface area contributed by atoms with E-state index in [4.69, 9.17) is 4.74 Å². The number of piperazine rings is 1. The van der Waals surface area contributed by atoms with Crippen molar-refractivity contribution < 1.29 is 19.1 Å². The SMILES string of the molecule is CCOC(=O)N1CCN(C(=O)c2ccc3c(c2)CCCN3C(=O)c2cccc(C)c2)CC1. The van der Waals surface area contributed by atoms with Gasteiger partial charge in [0.25, 0.3) is 11.8 Å². The highest BCUT2D eigenvalue weighted by atomic mass is 16.6.